The lowest BCUT2D eigenvalue weighted by Gasteiger charge is -2.17. The van der Waals surface area contributed by atoms with Crippen molar-refractivity contribution in [3.63, 3.8) is 0 Å². The zero-order chi connectivity index (χ0) is 23.1. The van der Waals surface area contributed by atoms with Crippen molar-refractivity contribution in [3.05, 3.63) is 86.4 Å². The van der Waals surface area contributed by atoms with Gasteiger partial charge in [-0.1, -0.05) is 30.0 Å². The molecular formula is C23H13N3O5S2. The molecule has 162 valence electrons. The van der Waals surface area contributed by atoms with E-state index in [2.05, 4.69) is 15.0 Å². The number of aromatic hydroxyl groups is 1. The second-order valence-corrected chi connectivity index (χ2v) is 8.57. The number of ether oxygens (including phenoxy) is 1. The highest BCUT2D eigenvalue weighted by Gasteiger charge is 2.27. The second kappa shape index (κ2) is 8.15. The Balaban J connectivity index is 1.50. The van der Waals surface area contributed by atoms with E-state index in [0.29, 0.717) is 22.2 Å². The van der Waals surface area contributed by atoms with Crippen LogP contribution >= 0.6 is 24.0 Å². The van der Waals surface area contributed by atoms with Gasteiger partial charge in [0.25, 0.3) is 5.56 Å². The summed E-state index contributed by atoms with van der Waals surface area (Å²) in [6.45, 7) is 0. The molecule has 0 amide bonds. The Labute approximate surface area is 195 Å². The number of aliphatic imine (C=N–C) groups is 1. The predicted molar refractivity (Wildman–Crippen MR) is 125 cm³/mol. The van der Waals surface area contributed by atoms with Gasteiger partial charge in [0.2, 0.25) is 5.88 Å². The molecule has 0 saturated carbocycles. The molecule has 0 fully saturated rings. The van der Waals surface area contributed by atoms with Crippen molar-refractivity contribution in [3.8, 4) is 5.88 Å². The van der Waals surface area contributed by atoms with Crippen molar-refractivity contribution in [1.29, 1.82) is 0 Å². The van der Waals surface area contributed by atoms with E-state index in [1.54, 1.807) is 24.3 Å². The average molecular weight is 476 g/mol. The molecule has 8 nitrogen and oxygen atoms in total. The van der Waals surface area contributed by atoms with Crippen LogP contribution in [0.4, 0.5) is 5.69 Å². The van der Waals surface area contributed by atoms with Gasteiger partial charge < -0.3 is 14.8 Å². The molecule has 0 saturated heterocycles. The number of hydrogen-bond acceptors (Lipinski definition) is 8. The van der Waals surface area contributed by atoms with Crippen LogP contribution < -0.4 is 5.56 Å². The minimum atomic E-state index is -0.656. The van der Waals surface area contributed by atoms with Crippen molar-refractivity contribution in [2.75, 3.05) is 0 Å². The van der Waals surface area contributed by atoms with E-state index in [4.69, 9.17) is 17.0 Å². The molecule has 1 aromatic heterocycles. The van der Waals surface area contributed by atoms with E-state index in [0.717, 1.165) is 15.2 Å². The van der Waals surface area contributed by atoms with Crippen LogP contribution in [0.3, 0.4) is 0 Å². The second-order valence-electron chi connectivity index (χ2n) is 7.04. The third-order valence-corrected chi connectivity index (χ3v) is 6.24. The van der Waals surface area contributed by atoms with E-state index in [-0.39, 0.29) is 16.2 Å². The van der Waals surface area contributed by atoms with Gasteiger partial charge in [0, 0.05) is 21.4 Å². The van der Waals surface area contributed by atoms with Crippen LogP contribution in [0.1, 0.15) is 26.3 Å². The fourth-order valence-electron chi connectivity index (χ4n) is 3.50. The summed E-state index contributed by atoms with van der Waals surface area (Å²) >= 11 is 6.26. The van der Waals surface area contributed by atoms with Gasteiger partial charge in [0.1, 0.15) is 5.56 Å². The van der Waals surface area contributed by atoms with Crippen LogP contribution in [0.15, 0.2) is 74.2 Å². The Morgan fingerprint density at radius 2 is 1.73 bits per heavy atom. The highest BCUT2D eigenvalue weighted by molar-refractivity contribution is 7.99. The molecule has 0 radical (unpaired) electrons. The molecule has 5 rings (SSSR count). The van der Waals surface area contributed by atoms with Crippen LogP contribution in [-0.4, -0.2) is 33.2 Å². The Kier molecular flexibility index (Phi) is 5.15. The standard InChI is InChI=1S/C23H13N3O5S2/c27-19-16(20(28)26-23(32)25-19)10-24-11-3-1-4-12(9-11)33-17-8-7-15-18-13(17)5-2-6-14(18)21(29)31-22(15)30/h1-10H,(H3,25,26,27,28,32). The lowest BCUT2D eigenvalue weighted by molar-refractivity contribution is 0.0391. The van der Waals surface area contributed by atoms with Crippen LogP contribution in [0.5, 0.6) is 5.88 Å². The molecular weight excluding hydrogens is 462 g/mol. The van der Waals surface area contributed by atoms with Gasteiger partial charge in [-0.2, -0.15) is 0 Å². The lowest BCUT2D eigenvalue weighted by Crippen LogP contribution is -2.19. The molecule has 10 heteroatoms. The number of H-pyrrole nitrogens is 2. The zero-order valence-electron chi connectivity index (χ0n) is 16.6. The van der Waals surface area contributed by atoms with Crippen LogP contribution in [0, 0.1) is 4.77 Å². The van der Waals surface area contributed by atoms with E-state index in [1.165, 1.54) is 18.0 Å². The predicted octanol–water partition coefficient (Wildman–Crippen LogP) is 4.50. The number of aromatic amines is 2. The molecule has 3 aromatic carbocycles. The summed E-state index contributed by atoms with van der Waals surface area (Å²) in [5.74, 6) is -1.68. The van der Waals surface area contributed by atoms with Crippen molar-refractivity contribution in [1.82, 2.24) is 9.97 Å². The quantitative estimate of drug-likeness (QED) is 0.172. The van der Waals surface area contributed by atoms with E-state index >= 15 is 0 Å². The average Bonchev–Trinajstić information content (AvgIpc) is 2.77. The maximum Gasteiger partial charge on any atom is 0.346 e. The van der Waals surface area contributed by atoms with Gasteiger partial charge in [-0.3, -0.25) is 14.8 Å². The summed E-state index contributed by atoms with van der Waals surface area (Å²) in [6.07, 6.45) is 1.25. The van der Waals surface area contributed by atoms with Crippen molar-refractivity contribution < 1.29 is 19.4 Å². The first-order valence-corrected chi connectivity index (χ1v) is 10.8. The molecule has 4 aromatic rings. The van der Waals surface area contributed by atoms with Crippen molar-refractivity contribution >= 4 is 58.6 Å². The number of esters is 2. The Bertz CT molecular complexity index is 1600. The monoisotopic (exact) mass is 475 g/mol. The smallest absolute Gasteiger partial charge is 0.346 e. The lowest BCUT2D eigenvalue weighted by atomic mass is 9.97. The molecule has 0 atom stereocenters. The first-order chi connectivity index (χ1) is 15.9. The van der Waals surface area contributed by atoms with Gasteiger partial charge in [-0.15, -0.1) is 0 Å². The third-order valence-electron chi connectivity index (χ3n) is 4.97. The fourth-order valence-corrected chi connectivity index (χ4v) is 4.69. The number of rotatable bonds is 4. The molecule has 33 heavy (non-hydrogen) atoms. The summed E-state index contributed by atoms with van der Waals surface area (Å²) in [7, 11) is 0. The maximum absolute atomic E-state index is 12.1. The minimum absolute atomic E-state index is 0.0177. The van der Waals surface area contributed by atoms with Gasteiger partial charge >= 0.3 is 11.9 Å². The maximum atomic E-state index is 12.1. The van der Waals surface area contributed by atoms with Crippen molar-refractivity contribution in [2.45, 2.75) is 9.79 Å². The number of cyclic esters (lactones) is 2. The molecule has 1 aliphatic heterocycles. The molecule has 1 aliphatic rings. The summed E-state index contributed by atoms with van der Waals surface area (Å²) in [5.41, 5.74) is 0.677. The number of benzene rings is 3. The number of nitrogens with zero attached hydrogens (tertiary/aromatic N) is 1. The van der Waals surface area contributed by atoms with Crippen LogP contribution in [0.2, 0.25) is 0 Å². The third kappa shape index (κ3) is 3.86. The number of hydrogen-bond donors (Lipinski definition) is 3. The Hall–Kier alpha value is -4.02. The van der Waals surface area contributed by atoms with Crippen molar-refractivity contribution in [2.24, 2.45) is 4.99 Å². The van der Waals surface area contributed by atoms with Gasteiger partial charge in [0.15, 0.2) is 4.77 Å². The number of carbonyl (C=O) groups is 2. The molecule has 0 unspecified atom stereocenters. The number of carbonyl (C=O) groups excluding carboxylic acids is 2. The number of aromatic nitrogens is 2. The minimum Gasteiger partial charge on any atom is -0.494 e. The van der Waals surface area contributed by atoms with Gasteiger partial charge in [-0.05, 0) is 54.0 Å². The molecule has 0 spiro atoms. The first kappa shape index (κ1) is 20.9. The molecule has 0 aliphatic carbocycles. The molecule has 2 heterocycles. The first-order valence-electron chi connectivity index (χ1n) is 9.60. The summed E-state index contributed by atoms with van der Waals surface area (Å²) in [4.78, 5) is 47.1. The van der Waals surface area contributed by atoms with E-state index in [1.807, 2.05) is 30.3 Å². The Morgan fingerprint density at radius 1 is 0.970 bits per heavy atom. The summed E-state index contributed by atoms with van der Waals surface area (Å²) < 4.78 is 4.83. The Morgan fingerprint density at radius 3 is 2.52 bits per heavy atom. The van der Waals surface area contributed by atoms with Crippen LogP contribution in [0.25, 0.3) is 10.8 Å². The van der Waals surface area contributed by atoms with Gasteiger partial charge in [-0.25, -0.2) is 9.59 Å². The van der Waals surface area contributed by atoms with E-state index in [9.17, 15) is 19.5 Å². The summed E-state index contributed by atoms with van der Waals surface area (Å²) in [6, 6.07) is 16.0. The normalized spacial score (nSPS) is 13.0. The largest absolute Gasteiger partial charge is 0.494 e. The van der Waals surface area contributed by atoms with Gasteiger partial charge in [0.05, 0.1) is 16.8 Å². The molecule has 0 bridgehead atoms. The molecule has 3 N–H and O–H groups in total. The van der Waals surface area contributed by atoms with Crippen LogP contribution in [-0.2, 0) is 4.74 Å². The summed E-state index contributed by atoms with van der Waals surface area (Å²) in [5, 5.41) is 11.3. The highest BCUT2D eigenvalue weighted by atomic mass is 32.2. The van der Waals surface area contributed by atoms with E-state index < -0.39 is 17.5 Å². The topological polar surface area (TPSA) is 125 Å². The number of nitrogens with one attached hydrogen (secondary N) is 2. The fraction of sp³-hybridized carbons (Fsp3) is 0. The highest BCUT2D eigenvalue weighted by Crippen LogP contribution is 2.39. The SMILES string of the molecule is O=C1OC(=O)c2ccc(Sc3cccc(N=Cc4c(O)[nH]c(=S)[nH]c4=O)c3)c3cccc1c23. The zero-order valence-corrected chi connectivity index (χ0v) is 18.3.